The molecule has 0 radical (unpaired) electrons. The number of para-hydroxylation sites is 1. The summed E-state index contributed by atoms with van der Waals surface area (Å²) < 4.78 is 5.67. The molecular formula is C18H28N2O2. The van der Waals surface area contributed by atoms with E-state index in [4.69, 9.17) is 4.74 Å². The van der Waals surface area contributed by atoms with Crippen molar-refractivity contribution in [1.82, 2.24) is 9.80 Å². The maximum atomic E-state index is 12.4. The number of amides is 1. The number of likely N-dealkylation sites (N-methyl/N-ethyl adjacent to an activating group) is 1. The van der Waals surface area contributed by atoms with E-state index < -0.39 is 0 Å². The highest BCUT2D eigenvalue weighted by atomic mass is 16.5. The summed E-state index contributed by atoms with van der Waals surface area (Å²) in [4.78, 5) is 16.4. The molecular weight excluding hydrogens is 276 g/mol. The molecule has 1 aromatic carbocycles. The van der Waals surface area contributed by atoms with Crippen LogP contribution in [-0.4, -0.2) is 55.5 Å². The van der Waals surface area contributed by atoms with Crippen LogP contribution in [0, 0.1) is 11.8 Å². The summed E-state index contributed by atoms with van der Waals surface area (Å²) in [5.41, 5.74) is 0. The van der Waals surface area contributed by atoms with Gasteiger partial charge in [0.1, 0.15) is 12.4 Å². The van der Waals surface area contributed by atoms with Crippen molar-refractivity contribution in [3.05, 3.63) is 30.3 Å². The van der Waals surface area contributed by atoms with Crippen molar-refractivity contribution in [1.29, 1.82) is 0 Å². The number of nitrogens with zero attached hydrogens (tertiary/aromatic N) is 2. The van der Waals surface area contributed by atoms with E-state index >= 15 is 0 Å². The van der Waals surface area contributed by atoms with E-state index in [-0.39, 0.29) is 5.91 Å². The van der Waals surface area contributed by atoms with Gasteiger partial charge in [-0.25, -0.2) is 0 Å². The normalized spacial score (nSPS) is 21.9. The maximum Gasteiger partial charge on any atom is 0.236 e. The molecule has 0 spiro atoms. The fourth-order valence-electron chi connectivity index (χ4n) is 3.11. The predicted octanol–water partition coefficient (Wildman–Crippen LogP) is 2.50. The van der Waals surface area contributed by atoms with E-state index in [0.29, 0.717) is 25.0 Å². The fraction of sp³-hybridized carbons (Fsp3) is 0.611. The quantitative estimate of drug-likeness (QED) is 0.809. The number of likely N-dealkylation sites (tertiary alicyclic amines) is 1. The second kappa shape index (κ2) is 8.18. The summed E-state index contributed by atoms with van der Waals surface area (Å²) in [5, 5.41) is 0. The largest absolute Gasteiger partial charge is 0.492 e. The van der Waals surface area contributed by atoms with Crippen LogP contribution in [0.5, 0.6) is 5.75 Å². The van der Waals surface area contributed by atoms with Gasteiger partial charge in [0.25, 0.3) is 0 Å². The molecule has 2 unspecified atom stereocenters. The molecule has 1 heterocycles. The minimum absolute atomic E-state index is 0.237. The van der Waals surface area contributed by atoms with Crippen molar-refractivity contribution in [2.75, 3.05) is 39.8 Å². The number of ether oxygens (including phenoxy) is 1. The second-order valence-corrected chi connectivity index (χ2v) is 6.64. The molecule has 22 heavy (non-hydrogen) atoms. The minimum Gasteiger partial charge on any atom is -0.492 e. The molecule has 0 aliphatic carbocycles. The summed E-state index contributed by atoms with van der Waals surface area (Å²) in [6.07, 6.45) is 1.23. The monoisotopic (exact) mass is 304 g/mol. The molecule has 2 rings (SSSR count). The van der Waals surface area contributed by atoms with Gasteiger partial charge >= 0.3 is 0 Å². The lowest BCUT2D eigenvalue weighted by atomic mass is 9.92. The third-order valence-corrected chi connectivity index (χ3v) is 4.11. The SMILES string of the molecule is CC1CC(C)CN(C(=O)CN(C)CCOc2ccccc2)C1. The minimum atomic E-state index is 0.237. The molecule has 1 fully saturated rings. The summed E-state index contributed by atoms with van der Waals surface area (Å²) >= 11 is 0. The van der Waals surface area contributed by atoms with Crippen LogP contribution in [0.4, 0.5) is 0 Å². The van der Waals surface area contributed by atoms with E-state index in [2.05, 4.69) is 13.8 Å². The molecule has 0 saturated carbocycles. The highest BCUT2D eigenvalue weighted by Crippen LogP contribution is 2.20. The molecule has 4 nitrogen and oxygen atoms in total. The van der Waals surface area contributed by atoms with Gasteiger partial charge in [-0.1, -0.05) is 32.0 Å². The van der Waals surface area contributed by atoms with Crippen LogP contribution >= 0.6 is 0 Å². The van der Waals surface area contributed by atoms with Crippen LogP contribution in [0.2, 0.25) is 0 Å². The molecule has 1 aromatic rings. The van der Waals surface area contributed by atoms with Crippen LogP contribution < -0.4 is 4.74 Å². The van der Waals surface area contributed by atoms with Gasteiger partial charge in [0.05, 0.1) is 6.54 Å². The number of piperidine rings is 1. The standard InChI is InChI=1S/C18H28N2O2/c1-15-11-16(2)13-20(12-15)18(21)14-19(3)9-10-22-17-7-5-4-6-8-17/h4-8,15-16H,9-14H2,1-3H3. The van der Waals surface area contributed by atoms with Gasteiger partial charge in [-0.2, -0.15) is 0 Å². The molecule has 1 aliphatic rings. The first-order valence-corrected chi connectivity index (χ1v) is 8.18. The molecule has 122 valence electrons. The third kappa shape index (κ3) is 5.34. The van der Waals surface area contributed by atoms with Crippen LogP contribution in [-0.2, 0) is 4.79 Å². The van der Waals surface area contributed by atoms with Gasteiger partial charge in [0.15, 0.2) is 0 Å². The Hall–Kier alpha value is -1.55. The summed E-state index contributed by atoms with van der Waals surface area (Å²) in [7, 11) is 1.98. The van der Waals surface area contributed by atoms with Crippen molar-refractivity contribution < 1.29 is 9.53 Å². The lowest BCUT2D eigenvalue weighted by Crippen LogP contribution is -2.46. The van der Waals surface area contributed by atoms with E-state index in [1.165, 1.54) is 6.42 Å². The Bertz CT molecular complexity index is 453. The number of hydrogen-bond donors (Lipinski definition) is 0. The molecule has 0 aromatic heterocycles. The fourth-order valence-corrected chi connectivity index (χ4v) is 3.11. The van der Waals surface area contributed by atoms with E-state index in [1.54, 1.807) is 0 Å². The Balaban J connectivity index is 1.70. The molecule has 2 atom stereocenters. The summed E-state index contributed by atoms with van der Waals surface area (Å²) in [5.74, 6) is 2.33. The van der Waals surface area contributed by atoms with Crippen LogP contribution in [0.1, 0.15) is 20.3 Å². The zero-order valence-electron chi connectivity index (χ0n) is 14.0. The van der Waals surface area contributed by atoms with Crippen molar-refractivity contribution in [3.63, 3.8) is 0 Å². The Labute approximate surface area is 134 Å². The predicted molar refractivity (Wildman–Crippen MR) is 89.0 cm³/mol. The molecule has 0 bridgehead atoms. The first kappa shape index (κ1) is 16.8. The molecule has 1 amide bonds. The Morgan fingerprint density at radius 2 is 1.86 bits per heavy atom. The smallest absolute Gasteiger partial charge is 0.236 e. The summed E-state index contributed by atoms with van der Waals surface area (Å²) in [6.45, 7) is 8.08. The first-order chi connectivity index (χ1) is 10.5. The maximum absolute atomic E-state index is 12.4. The van der Waals surface area contributed by atoms with Gasteiger partial charge in [-0.05, 0) is 37.4 Å². The molecule has 0 N–H and O–H groups in total. The zero-order chi connectivity index (χ0) is 15.9. The molecule has 1 aliphatic heterocycles. The topological polar surface area (TPSA) is 32.8 Å². The Morgan fingerprint density at radius 1 is 1.23 bits per heavy atom. The van der Waals surface area contributed by atoms with Crippen molar-refractivity contribution in [2.24, 2.45) is 11.8 Å². The molecule has 1 saturated heterocycles. The Morgan fingerprint density at radius 3 is 2.50 bits per heavy atom. The van der Waals surface area contributed by atoms with Gasteiger partial charge in [-0.3, -0.25) is 9.69 Å². The van der Waals surface area contributed by atoms with Gasteiger partial charge < -0.3 is 9.64 Å². The highest BCUT2D eigenvalue weighted by molar-refractivity contribution is 5.78. The average molecular weight is 304 g/mol. The molecule has 4 heteroatoms. The number of hydrogen-bond acceptors (Lipinski definition) is 3. The van der Waals surface area contributed by atoms with Crippen LogP contribution in [0.15, 0.2) is 30.3 Å². The number of benzene rings is 1. The highest BCUT2D eigenvalue weighted by Gasteiger charge is 2.25. The lowest BCUT2D eigenvalue weighted by molar-refractivity contribution is -0.134. The van der Waals surface area contributed by atoms with Gasteiger partial charge in [0, 0.05) is 19.6 Å². The summed E-state index contributed by atoms with van der Waals surface area (Å²) in [6, 6.07) is 9.78. The number of carbonyl (C=O) groups is 1. The van der Waals surface area contributed by atoms with Gasteiger partial charge in [0.2, 0.25) is 5.91 Å². The van der Waals surface area contributed by atoms with E-state index in [1.807, 2.05) is 47.2 Å². The van der Waals surface area contributed by atoms with Crippen molar-refractivity contribution in [3.8, 4) is 5.75 Å². The number of rotatable bonds is 6. The average Bonchev–Trinajstić information content (AvgIpc) is 2.47. The van der Waals surface area contributed by atoms with Crippen molar-refractivity contribution >= 4 is 5.91 Å². The van der Waals surface area contributed by atoms with Crippen LogP contribution in [0.25, 0.3) is 0 Å². The second-order valence-electron chi connectivity index (χ2n) is 6.64. The van der Waals surface area contributed by atoms with Crippen molar-refractivity contribution in [2.45, 2.75) is 20.3 Å². The number of carbonyl (C=O) groups excluding carboxylic acids is 1. The lowest BCUT2D eigenvalue weighted by Gasteiger charge is -2.35. The first-order valence-electron chi connectivity index (χ1n) is 8.18. The van der Waals surface area contributed by atoms with E-state index in [0.717, 1.165) is 25.4 Å². The van der Waals surface area contributed by atoms with Gasteiger partial charge in [-0.15, -0.1) is 0 Å². The van der Waals surface area contributed by atoms with E-state index in [9.17, 15) is 4.79 Å². The third-order valence-electron chi connectivity index (χ3n) is 4.11. The van der Waals surface area contributed by atoms with Crippen LogP contribution in [0.3, 0.4) is 0 Å². The zero-order valence-corrected chi connectivity index (χ0v) is 14.0. The Kier molecular flexibility index (Phi) is 6.25.